The molecular formula is C28H22N2O6. The summed E-state index contributed by atoms with van der Waals surface area (Å²) >= 11 is 0. The first kappa shape index (κ1) is 23.2. The van der Waals surface area contributed by atoms with Gasteiger partial charge < -0.3 is 10.1 Å². The first-order valence-corrected chi connectivity index (χ1v) is 11.5. The third-order valence-electron chi connectivity index (χ3n) is 6.32. The van der Waals surface area contributed by atoms with Gasteiger partial charge in [-0.25, -0.2) is 9.69 Å². The van der Waals surface area contributed by atoms with E-state index in [0.717, 1.165) is 29.7 Å². The van der Waals surface area contributed by atoms with Crippen LogP contribution in [-0.4, -0.2) is 36.1 Å². The number of esters is 1. The molecule has 0 fully saturated rings. The van der Waals surface area contributed by atoms with Crippen LogP contribution in [0.3, 0.4) is 0 Å². The quantitative estimate of drug-likeness (QED) is 0.323. The lowest BCUT2D eigenvalue weighted by Gasteiger charge is -2.14. The van der Waals surface area contributed by atoms with Crippen LogP contribution in [-0.2, 0) is 22.4 Å². The number of aryl methyl sites for hydroxylation is 2. The monoisotopic (exact) mass is 482 g/mol. The van der Waals surface area contributed by atoms with E-state index in [2.05, 4.69) is 5.32 Å². The average Bonchev–Trinajstić information content (AvgIpc) is 3.44. The molecule has 3 aromatic carbocycles. The van der Waals surface area contributed by atoms with E-state index < -0.39 is 24.4 Å². The number of carbonyl (C=O) groups is 5. The molecule has 8 nitrogen and oxygen atoms in total. The van der Waals surface area contributed by atoms with Crippen molar-refractivity contribution in [3.63, 3.8) is 0 Å². The lowest BCUT2D eigenvalue weighted by molar-refractivity contribution is -0.114. The van der Waals surface area contributed by atoms with E-state index in [1.54, 1.807) is 30.3 Å². The summed E-state index contributed by atoms with van der Waals surface area (Å²) in [5, 5.41) is 2.62. The molecule has 1 aliphatic heterocycles. The third-order valence-corrected chi connectivity index (χ3v) is 6.32. The van der Waals surface area contributed by atoms with E-state index in [1.165, 1.54) is 30.7 Å². The van der Waals surface area contributed by atoms with E-state index >= 15 is 0 Å². The van der Waals surface area contributed by atoms with Crippen molar-refractivity contribution in [2.45, 2.75) is 26.2 Å². The minimum absolute atomic E-state index is 0.0690. The normalized spacial score (nSPS) is 13.9. The molecule has 1 N–H and O–H groups in total. The van der Waals surface area contributed by atoms with Crippen LogP contribution in [0.2, 0.25) is 0 Å². The van der Waals surface area contributed by atoms with Gasteiger partial charge in [0.15, 0.2) is 12.4 Å². The highest BCUT2D eigenvalue weighted by Gasteiger charge is 2.37. The summed E-state index contributed by atoms with van der Waals surface area (Å²) in [5.74, 6) is -2.40. The van der Waals surface area contributed by atoms with Gasteiger partial charge in [-0.2, -0.15) is 0 Å². The Labute approximate surface area is 206 Å². The number of Topliss-reactive ketones (excluding diaryl/α,β-unsaturated/α-hetero) is 1. The second-order valence-corrected chi connectivity index (χ2v) is 8.77. The van der Waals surface area contributed by atoms with E-state index in [9.17, 15) is 24.0 Å². The molecule has 3 amide bonds. The van der Waals surface area contributed by atoms with Gasteiger partial charge in [0.1, 0.15) is 0 Å². The predicted molar refractivity (Wildman–Crippen MR) is 131 cm³/mol. The molecule has 3 aromatic rings. The Morgan fingerprint density at radius 2 is 1.53 bits per heavy atom. The maximum Gasteiger partial charge on any atom is 0.338 e. The number of fused-ring (bicyclic) bond motifs is 2. The molecule has 8 heteroatoms. The number of benzene rings is 3. The van der Waals surface area contributed by atoms with Crippen LogP contribution >= 0.6 is 0 Å². The second kappa shape index (κ2) is 9.22. The van der Waals surface area contributed by atoms with Crippen LogP contribution in [0.4, 0.5) is 11.4 Å². The van der Waals surface area contributed by atoms with Crippen LogP contribution in [0.5, 0.6) is 0 Å². The molecule has 36 heavy (non-hydrogen) atoms. The van der Waals surface area contributed by atoms with Crippen molar-refractivity contribution >= 4 is 40.8 Å². The number of ketones is 1. The summed E-state index contributed by atoms with van der Waals surface area (Å²) in [4.78, 5) is 63.3. The number of ether oxygens (including phenoxy) is 1. The van der Waals surface area contributed by atoms with Crippen LogP contribution in [0.25, 0.3) is 0 Å². The molecule has 0 aromatic heterocycles. The number of carbonyl (C=O) groups excluding carboxylic acids is 5. The standard InChI is InChI=1S/C28H22N2O6/c1-16(31)29-21-8-10-22(11-9-21)30-26(33)23-12-7-20(14-24(23)27(30)34)28(35)36-15-25(32)19-6-5-17-3-2-4-18(17)13-19/h5-14H,2-4,15H2,1H3,(H,29,31). The number of amides is 3. The van der Waals surface area contributed by atoms with Crippen molar-refractivity contribution in [1.29, 1.82) is 0 Å². The van der Waals surface area contributed by atoms with Crippen molar-refractivity contribution in [1.82, 2.24) is 0 Å². The van der Waals surface area contributed by atoms with Gasteiger partial charge >= 0.3 is 5.97 Å². The lowest BCUT2D eigenvalue weighted by Crippen LogP contribution is -2.29. The van der Waals surface area contributed by atoms with Crippen LogP contribution < -0.4 is 10.2 Å². The average molecular weight is 482 g/mol. The molecule has 0 saturated carbocycles. The highest BCUT2D eigenvalue weighted by atomic mass is 16.5. The fourth-order valence-corrected chi connectivity index (χ4v) is 4.54. The summed E-state index contributed by atoms with van der Waals surface area (Å²) in [5.41, 5.74) is 4.07. The summed E-state index contributed by atoms with van der Waals surface area (Å²) < 4.78 is 5.21. The van der Waals surface area contributed by atoms with Gasteiger partial charge in [0, 0.05) is 18.2 Å². The van der Waals surface area contributed by atoms with E-state index in [1.807, 2.05) is 12.1 Å². The fourth-order valence-electron chi connectivity index (χ4n) is 4.54. The number of nitrogens with one attached hydrogen (secondary N) is 1. The van der Waals surface area contributed by atoms with Crippen LogP contribution in [0, 0.1) is 0 Å². The summed E-state index contributed by atoms with van der Waals surface area (Å²) in [6.45, 7) is 0.956. The topological polar surface area (TPSA) is 110 Å². The van der Waals surface area contributed by atoms with Crippen LogP contribution in [0.1, 0.15) is 65.9 Å². The van der Waals surface area contributed by atoms with Gasteiger partial charge in [0.2, 0.25) is 5.91 Å². The minimum atomic E-state index is -0.759. The second-order valence-electron chi connectivity index (χ2n) is 8.77. The van der Waals surface area contributed by atoms with Crippen molar-refractivity contribution < 1.29 is 28.7 Å². The molecule has 5 rings (SSSR count). The van der Waals surface area contributed by atoms with Gasteiger partial charge in [-0.15, -0.1) is 0 Å². The van der Waals surface area contributed by atoms with Gasteiger partial charge in [-0.1, -0.05) is 12.1 Å². The molecule has 0 saturated heterocycles. The van der Waals surface area contributed by atoms with E-state index in [0.29, 0.717) is 16.9 Å². The van der Waals surface area contributed by atoms with Gasteiger partial charge in [-0.05, 0) is 78.9 Å². The maximum absolute atomic E-state index is 13.0. The molecule has 0 unspecified atom stereocenters. The third kappa shape index (κ3) is 4.29. The SMILES string of the molecule is CC(=O)Nc1ccc(N2C(=O)c3ccc(C(=O)OCC(=O)c4ccc5c(c4)CCC5)cc3C2=O)cc1. The Kier molecular flexibility index (Phi) is 5.93. The zero-order valence-electron chi connectivity index (χ0n) is 19.5. The Balaban J connectivity index is 1.28. The molecule has 0 bridgehead atoms. The summed E-state index contributed by atoms with van der Waals surface area (Å²) in [6, 6.07) is 15.9. The zero-order chi connectivity index (χ0) is 25.4. The number of hydrogen-bond acceptors (Lipinski definition) is 6. The van der Waals surface area contributed by atoms with Gasteiger partial charge in [0.25, 0.3) is 11.8 Å². The first-order valence-electron chi connectivity index (χ1n) is 11.5. The molecule has 0 spiro atoms. The van der Waals surface area contributed by atoms with Gasteiger partial charge in [0.05, 0.1) is 22.4 Å². The molecule has 0 radical (unpaired) electrons. The van der Waals surface area contributed by atoms with Crippen molar-refractivity contribution in [2.24, 2.45) is 0 Å². The number of hydrogen-bond donors (Lipinski definition) is 1. The molecule has 2 aliphatic rings. The van der Waals surface area contributed by atoms with Crippen LogP contribution in [0.15, 0.2) is 60.7 Å². The Hall–Kier alpha value is -4.59. The smallest absolute Gasteiger partial charge is 0.338 e. The van der Waals surface area contributed by atoms with Crippen molar-refractivity contribution in [3.05, 3.63) is 94.0 Å². The molecule has 0 atom stereocenters. The largest absolute Gasteiger partial charge is 0.454 e. The first-order chi connectivity index (χ1) is 17.3. The van der Waals surface area contributed by atoms with Crippen molar-refractivity contribution in [2.75, 3.05) is 16.8 Å². The molecule has 1 aliphatic carbocycles. The van der Waals surface area contributed by atoms with Gasteiger partial charge in [-0.3, -0.25) is 19.2 Å². The number of imide groups is 1. The Morgan fingerprint density at radius 3 is 2.28 bits per heavy atom. The highest BCUT2D eigenvalue weighted by Crippen LogP contribution is 2.30. The predicted octanol–water partition coefficient (Wildman–Crippen LogP) is 3.97. The number of nitrogens with zero attached hydrogens (tertiary/aromatic N) is 1. The molecule has 1 heterocycles. The Bertz CT molecular complexity index is 1440. The Morgan fingerprint density at radius 1 is 0.833 bits per heavy atom. The minimum Gasteiger partial charge on any atom is -0.454 e. The number of anilines is 2. The molecule has 180 valence electrons. The highest BCUT2D eigenvalue weighted by molar-refractivity contribution is 6.34. The lowest BCUT2D eigenvalue weighted by atomic mass is 10.0. The van der Waals surface area contributed by atoms with E-state index in [4.69, 9.17) is 4.74 Å². The van der Waals surface area contributed by atoms with E-state index in [-0.39, 0.29) is 28.4 Å². The maximum atomic E-state index is 13.0. The number of rotatable bonds is 6. The van der Waals surface area contributed by atoms with Crippen molar-refractivity contribution in [3.8, 4) is 0 Å². The fraction of sp³-hybridized carbons (Fsp3) is 0.179. The molecular weight excluding hydrogens is 460 g/mol. The summed E-state index contributed by atoms with van der Waals surface area (Å²) in [6.07, 6.45) is 3.02. The summed E-state index contributed by atoms with van der Waals surface area (Å²) in [7, 11) is 0. The zero-order valence-corrected chi connectivity index (χ0v) is 19.5.